The van der Waals surface area contributed by atoms with Gasteiger partial charge in [-0.25, -0.2) is 4.98 Å². The van der Waals surface area contributed by atoms with Gasteiger partial charge in [0.05, 0.1) is 11.0 Å². The zero-order valence-electron chi connectivity index (χ0n) is 21.6. The number of hydrogen-bond donors (Lipinski definition) is 1. The summed E-state index contributed by atoms with van der Waals surface area (Å²) in [6, 6.07) is 26.3. The van der Waals surface area contributed by atoms with E-state index in [1.54, 1.807) is 0 Å². The Labute approximate surface area is 246 Å². The zero-order valence-corrected chi connectivity index (χ0v) is 24.0. The van der Waals surface area contributed by atoms with Crippen LogP contribution in [0.4, 0.5) is 0 Å². The number of nitrogens with one attached hydrogen (secondary N) is 1. The first kappa shape index (κ1) is 29.0. The summed E-state index contributed by atoms with van der Waals surface area (Å²) in [4.78, 5) is 10.8. The van der Waals surface area contributed by atoms with Crippen molar-refractivity contribution in [3.63, 3.8) is 0 Å². The van der Waals surface area contributed by atoms with Crippen LogP contribution in [-0.4, -0.2) is 28.0 Å². The number of imidazole rings is 1. The van der Waals surface area contributed by atoms with Gasteiger partial charge in [-0.05, 0) is 79.5 Å². The lowest BCUT2D eigenvalue weighted by molar-refractivity contribution is 0.221. The smallest absolute Gasteiger partial charge is 0.174 e. The predicted octanol–water partition coefficient (Wildman–Crippen LogP) is 8.48. The van der Waals surface area contributed by atoms with E-state index in [9.17, 15) is 0 Å². The maximum atomic E-state index is 6.32. The molecule has 39 heavy (non-hydrogen) atoms. The van der Waals surface area contributed by atoms with E-state index in [4.69, 9.17) is 25.7 Å². The summed E-state index contributed by atoms with van der Waals surface area (Å²) in [6.07, 6.45) is 4.52. The van der Waals surface area contributed by atoms with Gasteiger partial charge >= 0.3 is 0 Å². The van der Waals surface area contributed by atoms with Gasteiger partial charge in [0.1, 0.15) is 18.1 Å². The Morgan fingerprint density at radius 1 is 0.872 bits per heavy atom. The molecule has 0 spiro atoms. The second-order valence-corrected chi connectivity index (χ2v) is 10.2. The molecule has 5 nitrogen and oxygen atoms in total. The molecule has 1 fully saturated rings. The van der Waals surface area contributed by atoms with E-state index in [2.05, 4.69) is 40.2 Å². The van der Waals surface area contributed by atoms with Crippen molar-refractivity contribution < 1.29 is 9.15 Å². The lowest BCUT2D eigenvalue weighted by Gasteiger charge is -2.26. The molecule has 6 rings (SSSR count). The van der Waals surface area contributed by atoms with Crippen LogP contribution in [0.15, 0.2) is 83.3 Å². The van der Waals surface area contributed by atoms with E-state index in [0.29, 0.717) is 18.1 Å². The Morgan fingerprint density at radius 2 is 1.69 bits per heavy atom. The first-order valence-corrected chi connectivity index (χ1v) is 13.3. The third-order valence-electron chi connectivity index (χ3n) is 6.92. The molecule has 3 aromatic carbocycles. The molecule has 5 aromatic rings. The summed E-state index contributed by atoms with van der Waals surface area (Å²) in [5.41, 5.74) is 5.39. The third-order valence-corrected chi connectivity index (χ3v) is 7.16. The number of aromatic amines is 1. The second-order valence-electron chi connectivity index (χ2n) is 9.74. The average molecular weight is 585 g/mol. The molecular weight excluding hydrogens is 553 g/mol. The first-order valence-electron chi connectivity index (χ1n) is 12.9. The highest BCUT2D eigenvalue weighted by atomic mass is 35.5. The summed E-state index contributed by atoms with van der Waals surface area (Å²) >= 11 is 6.32. The van der Waals surface area contributed by atoms with E-state index < -0.39 is 0 Å². The van der Waals surface area contributed by atoms with Crippen LogP contribution in [0.2, 0.25) is 5.02 Å². The fourth-order valence-electron chi connectivity index (χ4n) is 4.99. The van der Waals surface area contributed by atoms with Crippen molar-refractivity contribution in [3.8, 4) is 17.3 Å². The van der Waals surface area contributed by atoms with Gasteiger partial charge in [-0.15, -0.1) is 24.8 Å². The lowest BCUT2D eigenvalue weighted by Crippen LogP contribution is -2.29. The number of rotatable bonds is 8. The molecule has 1 aliphatic heterocycles. The SMILES string of the molecule is Cl.Cl.Clc1ccc(OCc2ccccc2)c(Cc2ccc(-c3nc4cc(CN5CCCCC5)ccc4[nH]3)o2)c1. The predicted molar refractivity (Wildman–Crippen MR) is 162 cm³/mol. The molecule has 0 aliphatic carbocycles. The zero-order chi connectivity index (χ0) is 25.0. The summed E-state index contributed by atoms with van der Waals surface area (Å²) in [5, 5.41) is 0.673. The minimum atomic E-state index is 0. The van der Waals surface area contributed by atoms with Crippen LogP contribution < -0.4 is 4.74 Å². The Bertz CT molecular complexity index is 1490. The fraction of sp³-hybridized carbons (Fsp3) is 0.258. The highest BCUT2D eigenvalue weighted by Gasteiger charge is 2.15. The summed E-state index contributed by atoms with van der Waals surface area (Å²) in [5.74, 6) is 3.09. The number of benzene rings is 3. The standard InChI is InChI=1S/C31H30ClN3O2.2ClH/c32-25-10-13-29(36-21-22-7-3-1-4-8-22)24(18-25)19-26-11-14-30(37-26)31-33-27-12-9-23(17-28(27)34-31)20-35-15-5-2-6-16-35;;/h1,3-4,7-14,17-18H,2,5-6,15-16,19-21H2,(H,33,34);2*1H. The number of furan rings is 1. The molecule has 1 saturated heterocycles. The van der Waals surface area contributed by atoms with E-state index in [0.717, 1.165) is 51.8 Å². The van der Waals surface area contributed by atoms with Crippen molar-refractivity contribution in [1.82, 2.24) is 14.9 Å². The van der Waals surface area contributed by atoms with E-state index >= 15 is 0 Å². The number of aromatic nitrogens is 2. The normalized spacial score (nSPS) is 13.6. The average Bonchev–Trinajstić information content (AvgIpc) is 3.56. The molecule has 204 valence electrons. The molecule has 8 heteroatoms. The van der Waals surface area contributed by atoms with Crippen molar-refractivity contribution in [2.45, 2.75) is 38.8 Å². The molecule has 0 unspecified atom stereocenters. The first-order chi connectivity index (χ1) is 18.2. The van der Waals surface area contributed by atoms with Crippen LogP contribution in [0.1, 0.15) is 41.7 Å². The highest BCUT2D eigenvalue weighted by molar-refractivity contribution is 6.30. The summed E-state index contributed by atoms with van der Waals surface area (Å²) in [6.45, 7) is 3.85. The molecule has 0 saturated carbocycles. The minimum absolute atomic E-state index is 0. The largest absolute Gasteiger partial charge is 0.489 e. The van der Waals surface area contributed by atoms with Crippen LogP contribution in [0, 0.1) is 0 Å². The van der Waals surface area contributed by atoms with Crippen LogP contribution in [-0.2, 0) is 19.6 Å². The second kappa shape index (κ2) is 13.4. The molecular formula is C31H32Cl3N3O2. The Kier molecular flexibility index (Phi) is 9.98. The van der Waals surface area contributed by atoms with Gasteiger partial charge in [-0.1, -0.05) is 54.4 Å². The quantitative estimate of drug-likeness (QED) is 0.199. The van der Waals surface area contributed by atoms with Gasteiger partial charge in [-0.3, -0.25) is 4.90 Å². The van der Waals surface area contributed by atoms with Crippen LogP contribution in [0.5, 0.6) is 5.75 Å². The Hall–Kier alpha value is -2.96. The topological polar surface area (TPSA) is 54.3 Å². The van der Waals surface area contributed by atoms with Gasteiger partial charge in [0.15, 0.2) is 11.6 Å². The molecule has 0 radical (unpaired) electrons. The Balaban J connectivity index is 0.00000176. The minimum Gasteiger partial charge on any atom is -0.489 e. The maximum Gasteiger partial charge on any atom is 0.174 e. The van der Waals surface area contributed by atoms with Crippen molar-refractivity contribution in [2.24, 2.45) is 0 Å². The summed E-state index contributed by atoms with van der Waals surface area (Å²) < 4.78 is 12.3. The summed E-state index contributed by atoms with van der Waals surface area (Å²) in [7, 11) is 0. The molecule has 1 aliphatic rings. The molecule has 0 bridgehead atoms. The van der Waals surface area contributed by atoms with Crippen LogP contribution in [0.25, 0.3) is 22.6 Å². The van der Waals surface area contributed by atoms with Crippen molar-refractivity contribution >= 4 is 47.4 Å². The van der Waals surface area contributed by atoms with Gasteiger partial charge in [0.2, 0.25) is 0 Å². The number of hydrogen-bond acceptors (Lipinski definition) is 4. The van der Waals surface area contributed by atoms with Crippen molar-refractivity contribution in [1.29, 1.82) is 0 Å². The molecule has 1 N–H and O–H groups in total. The van der Waals surface area contributed by atoms with Gasteiger partial charge in [0.25, 0.3) is 0 Å². The number of nitrogens with zero attached hydrogens (tertiary/aromatic N) is 2. The van der Waals surface area contributed by atoms with Gasteiger partial charge < -0.3 is 14.1 Å². The number of halogens is 3. The van der Waals surface area contributed by atoms with Gasteiger partial charge in [0, 0.05) is 23.6 Å². The third kappa shape index (κ3) is 7.17. The van der Waals surface area contributed by atoms with E-state index in [1.165, 1.54) is 37.9 Å². The van der Waals surface area contributed by atoms with Crippen LogP contribution >= 0.6 is 36.4 Å². The van der Waals surface area contributed by atoms with Crippen LogP contribution in [0.3, 0.4) is 0 Å². The highest BCUT2D eigenvalue weighted by Crippen LogP contribution is 2.29. The van der Waals surface area contributed by atoms with E-state index in [1.807, 2.05) is 48.5 Å². The van der Waals surface area contributed by atoms with Crippen molar-refractivity contribution in [3.05, 3.63) is 106 Å². The Morgan fingerprint density at radius 3 is 2.51 bits per heavy atom. The van der Waals surface area contributed by atoms with Crippen molar-refractivity contribution in [2.75, 3.05) is 13.1 Å². The maximum absolute atomic E-state index is 6.32. The molecule has 3 heterocycles. The monoisotopic (exact) mass is 583 g/mol. The number of likely N-dealkylation sites (tertiary alicyclic amines) is 1. The van der Waals surface area contributed by atoms with Gasteiger partial charge in [-0.2, -0.15) is 0 Å². The lowest BCUT2D eigenvalue weighted by atomic mass is 10.1. The number of piperidine rings is 1. The number of H-pyrrole nitrogens is 1. The molecule has 0 amide bonds. The molecule has 2 aromatic heterocycles. The number of ether oxygens (including phenoxy) is 1. The van der Waals surface area contributed by atoms with E-state index in [-0.39, 0.29) is 24.8 Å². The molecule has 0 atom stereocenters. The number of fused-ring (bicyclic) bond motifs is 1. The fourth-order valence-corrected chi connectivity index (χ4v) is 5.19.